The molecule has 110 valence electrons. The fourth-order valence-corrected chi connectivity index (χ4v) is 2.03. The lowest BCUT2D eigenvalue weighted by molar-refractivity contribution is 0.0690. The van der Waals surface area contributed by atoms with E-state index in [-0.39, 0.29) is 11.4 Å². The van der Waals surface area contributed by atoms with Gasteiger partial charge in [0.2, 0.25) is 0 Å². The molecule has 0 aliphatic heterocycles. The molecule has 0 atom stereocenters. The minimum atomic E-state index is -1.21. The van der Waals surface area contributed by atoms with Gasteiger partial charge in [-0.15, -0.1) is 0 Å². The van der Waals surface area contributed by atoms with Crippen molar-refractivity contribution >= 4 is 5.97 Å². The van der Waals surface area contributed by atoms with Crippen LogP contribution >= 0.6 is 0 Å². The summed E-state index contributed by atoms with van der Waals surface area (Å²) in [6.07, 6.45) is 3.08. The maximum atomic E-state index is 13.4. The van der Waals surface area contributed by atoms with Crippen LogP contribution < -0.4 is 0 Å². The molecule has 0 radical (unpaired) electrons. The predicted molar refractivity (Wildman–Crippen MR) is 73.7 cm³/mol. The lowest BCUT2D eigenvalue weighted by Crippen LogP contribution is -2.03. The van der Waals surface area contributed by atoms with Gasteiger partial charge >= 0.3 is 5.97 Å². The van der Waals surface area contributed by atoms with Gasteiger partial charge in [0.15, 0.2) is 17.3 Å². The molecule has 0 fully saturated rings. The third-order valence-electron chi connectivity index (χ3n) is 3.05. The minimum Gasteiger partial charge on any atom is -0.476 e. The SMILES string of the molecule is O=C(O)c1cc(-c2ccncc2)n(-c2ccc(F)c(F)c2)n1. The largest absolute Gasteiger partial charge is 0.476 e. The van der Waals surface area contributed by atoms with Gasteiger partial charge in [-0.2, -0.15) is 5.10 Å². The molecule has 0 aliphatic carbocycles. The van der Waals surface area contributed by atoms with E-state index in [1.807, 2.05) is 0 Å². The maximum absolute atomic E-state index is 13.4. The number of hydrogen-bond donors (Lipinski definition) is 1. The first kappa shape index (κ1) is 13.9. The average Bonchev–Trinajstić information content (AvgIpc) is 2.96. The Morgan fingerprint density at radius 3 is 2.41 bits per heavy atom. The van der Waals surface area contributed by atoms with Crippen LogP contribution in [0.3, 0.4) is 0 Å². The highest BCUT2D eigenvalue weighted by Gasteiger charge is 2.16. The van der Waals surface area contributed by atoms with Crippen molar-refractivity contribution in [1.82, 2.24) is 14.8 Å². The van der Waals surface area contributed by atoms with Gasteiger partial charge < -0.3 is 5.11 Å². The lowest BCUT2D eigenvalue weighted by Gasteiger charge is -2.07. The molecule has 7 heteroatoms. The standard InChI is InChI=1S/C15H9F2N3O2/c16-11-2-1-10(7-12(11)17)20-14(8-13(19-20)15(21)22)9-3-5-18-6-4-9/h1-8H,(H,21,22). The second-order valence-electron chi connectivity index (χ2n) is 4.47. The molecule has 0 aliphatic rings. The van der Waals surface area contributed by atoms with E-state index in [1.165, 1.54) is 16.8 Å². The van der Waals surface area contributed by atoms with E-state index in [0.29, 0.717) is 11.3 Å². The molecule has 0 saturated carbocycles. The third kappa shape index (κ3) is 2.44. The summed E-state index contributed by atoms with van der Waals surface area (Å²) in [5.74, 6) is -3.23. The number of carboxylic acids is 1. The molecule has 1 aromatic carbocycles. The molecule has 0 spiro atoms. The zero-order valence-corrected chi connectivity index (χ0v) is 11.1. The number of halogens is 2. The van der Waals surface area contributed by atoms with E-state index < -0.39 is 17.6 Å². The number of nitrogens with zero attached hydrogens (tertiary/aromatic N) is 3. The Morgan fingerprint density at radius 2 is 1.77 bits per heavy atom. The van der Waals surface area contributed by atoms with Crippen LogP contribution in [0, 0.1) is 11.6 Å². The van der Waals surface area contributed by atoms with Crippen molar-refractivity contribution in [2.45, 2.75) is 0 Å². The molecule has 3 rings (SSSR count). The maximum Gasteiger partial charge on any atom is 0.356 e. The molecule has 2 heterocycles. The summed E-state index contributed by atoms with van der Waals surface area (Å²) in [6, 6.07) is 7.93. The first-order valence-corrected chi connectivity index (χ1v) is 6.25. The Balaban J connectivity index is 2.21. The third-order valence-corrected chi connectivity index (χ3v) is 3.05. The first-order chi connectivity index (χ1) is 10.6. The molecule has 0 unspecified atom stereocenters. The quantitative estimate of drug-likeness (QED) is 0.807. The molecule has 0 saturated heterocycles. The van der Waals surface area contributed by atoms with E-state index in [0.717, 1.165) is 12.1 Å². The molecule has 3 aromatic rings. The summed E-state index contributed by atoms with van der Waals surface area (Å²) < 4.78 is 27.7. The van der Waals surface area contributed by atoms with Crippen molar-refractivity contribution in [2.75, 3.05) is 0 Å². The zero-order valence-electron chi connectivity index (χ0n) is 11.1. The molecule has 0 amide bonds. The Labute approximate surface area is 123 Å². The monoisotopic (exact) mass is 301 g/mol. The average molecular weight is 301 g/mol. The van der Waals surface area contributed by atoms with Crippen molar-refractivity contribution in [1.29, 1.82) is 0 Å². The normalized spacial score (nSPS) is 10.6. The van der Waals surface area contributed by atoms with Gasteiger partial charge in [0.05, 0.1) is 11.4 Å². The summed E-state index contributed by atoms with van der Waals surface area (Å²) in [7, 11) is 0. The number of benzene rings is 1. The summed E-state index contributed by atoms with van der Waals surface area (Å²) in [5.41, 5.74) is 1.11. The van der Waals surface area contributed by atoms with Gasteiger partial charge in [0.25, 0.3) is 0 Å². The Morgan fingerprint density at radius 1 is 1.05 bits per heavy atom. The number of aromatic carboxylic acids is 1. The number of carbonyl (C=O) groups is 1. The van der Waals surface area contributed by atoms with Crippen molar-refractivity contribution in [3.05, 3.63) is 66.1 Å². The molecule has 0 bridgehead atoms. The number of rotatable bonds is 3. The predicted octanol–water partition coefficient (Wildman–Crippen LogP) is 2.91. The van der Waals surface area contributed by atoms with Gasteiger partial charge in [-0.05, 0) is 30.3 Å². The Hall–Kier alpha value is -3.09. The first-order valence-electron chi connectivity index (χ1n) is 6.25. The summed E-state index contributed by atoms with van der Waals surface area (Å²) in [6.45, 7) is 0. The fraction of sp³-hybridized carbons (Fsp3) is 0. The lowest BCUT2D eigenvalue weighted by atomic mass is 10.2. The van der Waals surface area contributed by atoms with Crippen LogP contribution in [0.15, 0.2) is 48.8 Å². The van der Waals surface area contributed by atoms with Gasteiger partial charge in [-0.3, -0.25) is 4.98 Å². The van der Waals surface area contributed by atoms with Crippen molar-refractivity contribution < 1.29 is 18.7 Å². The van der Waals surface area contributed by atoms with E-state index in [9.17, 15) is 13.6 Å². The van der Waals surface area contributed by atoms with E-state index in [2.05, 4.69) is 10.1 Å². The topological polar surface area (TPSA) is 68.0 Å². The van der Waals surface area contributed by atoms with E-state index in [1.54, 1.807) is 24.5 Å². The van der Waals surface area contributed by atoms with Crippen LogP contribution in [0.5, 0.6) is 0 Å². The van der Waals surface area contributed by atoms with Crippen molar-refractivity contribution in [3.8, 4) is 16.9 Å². The van der Waals surface area contributed by atoms with Crippen LogP contribution in [-0.4, -0.2) is 25.8 Å². The van der Waals surface area contributed by atoms with Crippen molar-refractivity contribution in [2.24, 2.45) is 0 Å². The summed E-state index contributed by atoms with van der Waals surface area (Å²) >= 11 is 0. The molecule has 5 nitrogen and oxygen atoms in total. The minimum absolute atomic E-state index is 0.198. The Kier molecular flexibility index (Phi) is 3.38. The van der Waals surface area contributed by atoms with Crippen LogP contribution in [0.25, 0.3) is 16.9 Å². The number of pyridine rings is 1. The number of carboxylic acid groups (broad SMARTS) is 1. The van der Waals surface area contributed by atoms with Gasteiger partial charge in [-0.1, -0.05) is 0 Å². The molecular formula is C15H9F2N3O2. The van der Waals surface area contributed by atoms with Crippen LogP contribution in [0.1, 0.15) is 10.5 Å². The molecule has 22 heavy (non-hydrogen) atoms. The fourth-order valence-electron chi connectivity index (χ4n) is 2.03. The summed E-state index contributed by atoms with van der Waals surface area (Å²) in [4.78, 5) is 15.0. The highest BCUT2D eigenvalue weighted by molar-refractivity contribution is 5.87. The van der Waals surface area contributed by atoms with Gasteiger partial charge in [-0.25, -0.2) is 18.3 Å². The molecular weight excluding hydrogens is 292 g/mol. The van der Waals surface area contributed by atoms with Crippen LogP contribution in [0.4, 0.5) is 8.78 Å². The zero-order chi connectivity index (χ0) is 15.7. The van der Waals surface area contributed by atoms with Gasteiger partial charge in [0, 0.05) is 24.0 Å². The van der Waals surface area contributed by atoms with Crippen LogP contribution in [0.2, 0.25) is 0 Å². The number of hydrogen-bond acceptors (Lipinski definition) is 3. The van der Waals surface area contributed by atoms with Gasteiger partial charge in [0.1, 0.15) is 0 Å². The number of aromatic nitrogens is 3. The highest BCUT2D eigenvalue weighted by Crippen LogP contribution is 2.24. The van der Waals surface area contributed by atoms with Crippen LogP contribution in [-0.2, 0) is 0 Å². The molecule has 1 N–H and O–H groups in total. The Bertz CT molecular complexity index is 847. The van der Waals surface area contributed by atoms with Crippen molar-refractivity contribution in [3.63, 3.8) is 0 Å². The highest BCUT2D eigenvalue weighted by atomic mass is 19.2. The van der Waals surface area contributed by atoms with E-state index in [4.69, 9.17) is 5.11 Å². The second-order valence-corrected chi connectivity index (χ2v) is 4.47. The second kappa shape index (κ2) is 5.36. The molecule has 2 aromatic heterocycles. The summed E-state index contributed by atoms with van der Waals surface area (Å²) in [5, 5.41) is 13.0. The smallest absolute Gasteiger partial charge is 0.356 e. The van der Waals surface area contributed by atoms with E-state index >= 15 is 0 Å².